The standard InChI is InChI=1S/C15H23FN2O/c1-17-10-15(6-7-15)11-18(2)9-12-4-5-14(19-3)13(16)8-12/h4-5,8,17H,6-7,9-11H2,1-3H3. The molecular weight excluding hydrogens is 243 g/mol. The largest absolute Gasteiger partial charge is 0.494 e. The Morgan fingerprint density at radius 2 is 2.16 bits per heavy atom. The number of nitrogens with zero attached hydrogens (tertiary/aromatic N) is 1. The SMILES string of the molecule is CNCC1(CN(C)Cc2ccc(OC)c(F)c2)CC1. The minimum Gasteiger partial charge on any atom is -0.494 e. The van der Waals surface area contributed by atoms with Crippen molar-refractivity contribution >= 4 is 0 Å². The lowest BCUT2D eigenvalue weighted by Gasteiger charge is -2.23. The molecule has 0 heterocycles. The van der Waals surface area contributed by atoms with E-state index in [9.17, 15) is 4.39 Å². The minimum absolute atomic E-state index is 0.287. The van der Waals surface area contributed by atoms with Gasteiger partial charge in [0.25, 0.3) is 0 Å². The molecule has 0 bridgehead atoms. The van der Waals surface area contributed by atoms with Gasteiger partial charge in [-0.15, -0.1) is 0 Å². The molecule has 1 aliphatic rings. The molecule has 3 nitrogen and oxygen atoms in total. The lowest BCUT2D eigenvalue weighted by Crippen LogP contribution is -2.32. The van der Waals surface area contributed by atoms with Gasteiger partial charge in [-0.05, 0) is 50.0 Å². The van der Waals surface area contributed by atoms with Gasteiger partial charge in [0.1, 0.15) is 0 Å². The summed E-state index contributed by atoms with van der Waals surface area (Å²) in [5.41, 5.74) is 1.43. The topological polar surface area (TPSA) is 24.5 Å². The number of ether oxygens (including phenoxy) is 1. The fraction of sp³-hybridized carbons (Fsp3) is 0.600. The zero-order chi connectivity index (χ0) is 13.9. The quantitative estimate of drug-likeness (QED) is 0.819. The highest BCUT2D eigenvalue weighted by Gasteiger charge is 2.42. The second-order valence-corrected chi connectivity index (χ2v) is 5.67. The van der Waals surface area contributed by atoms with Crippen LogP contribution in [-0.2, 0) is 6.54 Å². The number of nitrogens with one attached hydrogen (secondary N) is 1. The molecule has 1 aromatic carbocycles. The van der Waals surface area contributed by atoms with E-state index < -0.39 is 0 Å². The van der Waals surface area contributed by atoms with Gasteiger partial charge in [0.15, 0.2) is 11.6 Å². The van der Waals surface area contributed by atoms with Gasteiger partial charge in [-0.2, -0.15) is 0 Å². The third-order valence-electron chi connectivity index (χ3n) is 3.78. The Labute approximate surface area is 114 Å². The Morgan fingerprint density at radius 3 is 2.68 bits per heavy atom. The Balaban J connectivity index is 1.92. The predicted molar refractivity (Wildman–Crippen MR) is 74.9 cm³/mol. The van der Waals surface area contributed by atoms with Gasteiger partial charge in [-0.3, -0.25) is 0 Å². The summed E-state index contributed by atoms with van der Waals surface area (Å²) in [6.07, 6.45) is 2.57. The Hall–Kier alpha value is -1.13. The number of rotatable bonds is 7. The highest BCUT2D eigenvalue weighted by Crippen LogP contribution is 2.45. The molecule has 2 rings (SSSR count). The predicted octanol–water partition coefficient (Wildman–Crippen LogP) is 2.27. The van der Waals surface area contributed by atoms with Gasteiger partial charge in [-0.1, -0.05) is 6.07 Å². The minimum atomic E-state index is -0.287. The second-order valence-electron chi connectivity index (χ2n) is 5.67. The number of halogens is 1. The first-order chi connectivity index (χ1) is 9.08. The first kappa shape index (κ1) is 14.3. The molecule has 1 N–H and O–H groups in total. The smallest absolute Gasteiger partial charge is 0.165 e. The van der Waals surface area contributed by atoms with E-state index in [1.165, 1.54) is 20.0 Å². The van der Waals surface area contributed by atoms with Crippen molar-refractivity contribution in [1.29, 1.82) is 0 Å². The van der Waals surface area contributed by atoms with E-state index in [0.717, 1.165) is 25.2 Å². The molecular formula is C15H23FN2O. The zero-order valence-corrected chi connectivity index (χ0v) is 12.0. The van der Waals surface area contributed by atoms with Gasteiger partial charge in [0, 0.05) is 19.6 Å². The van der Waals surface area contributed by atoms with Crippen molar-refractivity contribution in [2.24, 2.45) is 5.41 Å². The van der Waals surface area contributed by atoms with Crippen LogP contribution in [0.2, 0.25) is 0 Å². The molecule has 19 heavy (non-hydrogen) atoms. The summed E-state index contributed by atoms with van der Waals surface area (Å²) in [5.74, 6) is 0.0185. The van der Waals surface area contributed by atoms with Crippen LogP contribution in [0, 0.1) is 11.2 Å². The van der Waals surface area contributed by atoms with E-state index in [4.69, 9.17) is 4.74 Å². The molecule has 1 aliphatic carbocycles. The molecule has 0 aliphatic heterocycles. The van der Waals surface area contributed by atoms with Crippen LogP contribution in [0.5, 0.6) is 5.75 Å². The van der Waals surface area contributed by atoms with Crippen molar-refractivity contribution in [2.45, 2.75) is 19.4 Å². The van der Waals surface area contributed by atoms with Crippen molar-refractivity contribution < 1.29 is 9.13 Å². The number of benzene rings is 1. The fourth-order valence-electron chi connectivity index (χ4n) is 2.69. The number of hydrogen-bond donors (Lipinski definition) is 1. The summed E-state index contributed by atoms with van der Waals surface area (Å²) in [6.45, 7) is 2.89. The zero-order valence-electron chi connectivity index (χ0n) is 12.0. The third-order valence-corrected chi connectivity index (χ3v) is 3.78. The van der Waals surface area contributed by atoms with Crippen molar-refractivity contribution in [2.75, 3.05) is 34.3 Å². The normalized spacial score (nSPS) is 16.7. The summed E-state index contributed by atoms with van der Waals surface area (Å²) in [6, 6.07) is 5.18. The van der Waals surface area contributed by atoms with E-state index in [1.54, 1.807) is 12.1 Å². The van der Waals surface area contributed by atoms with Crippen molar-refractivity contribution in [1.82, 2.24) is 10.2 Å². The molecule has 1 fully saturated rings. The Morgan fingerprint density at radius 1 is 1.42 bits per heavy atom. The summed E-state index contributed by atoms with van der Waals surface area (Å²) in [4.78, 5) is 2.27. The van der Waals surface area contributed by atoms with Gasteiger partial charge in [0.05, 0.1) is 7.11 Å². The third kappa shape index (κ3) is 3.67. The molecule has 0 spiro atoms. The lowest BCUT2D eigenvalue weighted by atomic mass is 10.1. The van der Waals surface area contributed by atoms with Crippen LogP contribution in [0.4, 0.5) is 4.39 Å². The molecule has 106 valence electrons. The molecule has 0 aromatic heterocycles. The summed E-state index contributed by atoms with van der Waals surface area (Å²) in [5, 5.41) is 3.26. The average molecular weight is 266 g/mol. The van der Waals surface area contributed by atoms with Crippen LogP contribution in [0.3, 0.4) is 0 Å². The maximum absolute atomic E-state index is 13.6. The molecule has 0 radical (unpaired) electrons. The lowest BCUT2D eigenvalue weighted by molar-refractivity contribution is 0.252. The molecule has 0 atom stereocenters. The molecule has 0 saturated heterocycles. The maximum atomic E-state index is 13.6. The molecule has 1 aromatic rings. The summed E-state index contributed by atoms with van der Waals surface area (Å²) >= 11 is 0. The van der Waals surface area contributed by atoms with Gasteiger partial charge in [0.2, 0.25) is 0 Å². The van der Waals surface area contributed by atoms with Gasteiger partial charge >= 0.3 is 0 Å². The first-order valence-electron chi connectivity index (χ1n) is 6.74. The van der Waals surface area contributed by atoms with Crippen LogP contribution in [0.1, 0.15) is 18.4 Å². The van der Waals surface area contributed by atoms with E-state index in [1.807, 2.05) is 13.1 Å². The monoisotopic (exact) mass is 266 g/mol. The van der Waals surface area contributed by atoms with Crippen molar-refractivity contribution in [3.8, 4) is 5.75 Å². The van der Waals surface area contributed by atoms with Crippen LogP contribution < -0.4 is 10.1 Å². The number of hydrogen-bond acceptors (Lipinski definition) is 3. The van der Waals surface area contributed by atoms with Gasteiger partial charge in [-0.25, -0.2) is 4.39 Å². The highest BCUT2D eigenvalue weighted by atomic mass is 19.1. The van der Waals surface area contributed by atoms with E-state index in [2.05, 4.69) is 17.3 Å². The van der Waals surface area contributed by atoms with E-state index >= 15 is 0 Å². The van der Waals surface area contributed by atoms with Crippen molar-refractivity contribution in [3.63, 3.8) is 0 Å². The van der Waals surface area contributed by atoms with Crippen LogP contribution in [-0.4, -0.2) is 39.2 Å². The molecule has 4 heteroatoms. The second kappa shape index (κ2) is 5.88. The fourth-order valence-corrected chi connectivity index (χ4v) is 2.69. The van der Waals surface area contributed by atoms with E-state index in [0.29, 0.717) is 11.2 Å². The average Bonchev–Trinajstić information content (AvgIpc) is 3.09. The summed E-state index contributed by atoms with van der Waals surface area (Å²) in [7, 11) is 5.58. The van der Waals surface area contributed by atoms with Crippen LogP contribution >= 0.6 is 0 Å². The molecule has 0 unspecified atom stereocenters. The van der Waals surface area contributed by atoms with Crippen LogP contribution in [0.25, 0.3) is 0 Å². The Kier molecular flexibility index (Phi) is 4.42. The Bertz CT molecular complexity index is 432. The first-order valence-corrected chi connectivity index (χ1v) is 6.74. The van der Waals surface area contributed by atoms with E-state index in [-0.39, 0.29) is 5.82 Å². The van der Waals surface area contributed by atoms with Gasteiger partial charge < -0.3 is 15.0 Å². The maximum Gasteiger partial charge on any atom is 0.165 e. The van der Waals surface area contributed by atoms with Crippen LogP contribution in [0.15, 0.2) is 18.2 Å². The van der Waals surface area contributed by atoms with Crippen molar-refractivity contribution in [3.05, 3.63) is 29.6 Å². The number of methoxy groups -OCH3 is 1. The molecule has 1 saturated carbocycles. The molecule has 0 amide bonds. The summed E-state index contributed by atoms with van der Waals surface area (Å²) < 4.78 is 18.5. The highest BCUT2D eigenvalue weighted by molar-refractivity contribution is 5.29.